The second-order valence-corrected chi connectivity index (χ2v) is 10.4. The maximum absolute atomic E-state index is 13.2. The van der Waals surface area contributed by atoms with Gasteiger partial charge in [-0.3, -0.25) is 24.5 Å². The minimum Gasteiger partial charge on any atom is -0.486 e. The molecule has 0 spiro atoms. The van der Waals surface area contributed by atoms with Crippen LogP contribution in [0.3, 0.4) is 0 Å². The van der Waals surface area contributed by atoms with Gasteiger partial charge in [-0.1, -0.05) is 18.2 Å². The molecule has 222 valence electrons. The van der Waals surface area contributed by atoms with Crippen molar-refractivity contribution in [3.8, 4) is 11.5 Å². The van der Waals surface area contributed by atoms with Gasteiger partial charge in [-0.2, -0.15) is 0 Å². The third-order valence-electron chi connectivity index (χ3n) is 6.25. The highest BCUT2D eigenvalue weighted by molar-refractivity contribution is 8.00. The van der Waals surface area contributed by atoms with E-state index < -0.39 is 16.7 Å². The largest absolute Gasteiger partial charge is 0.486 e. The molecule has 0 saturated heterocycles. The number of carbonyl (C=O) groups is 3. The van der Waals surface area contributed by atoms with Gasteiger partial charge < -0.3 is 25.4 Å². The van der Waals surface area contributed by atoms with Crippen LogP contribution in [-0.2, 0) is 9.59 Å². The number of amides is 3. The third kappa shape index (κ3) is 8.01. The lowest BCUT2D eigenvalue weighted by Crippen LogP contribution is -2.30. The van der Waals surface area contributed by atoms with Crippen molar-refractivity contribution in [1.82, 2.24) is 5.32 Å². The molecule has 1 aliphatic rings. The van der Waals surface area contributed by atoms with Crippen molar-refractivity contribution in [3.63, 3.8) is 0 Å². The number of nitrogens with zero attached hydrogens (tertiary/aromatic N) is 1. The van der Waals surface area contributed by atoms with E-state index in [4.69, 9.17) is 9.47 Å². The molecule has 5 rings (SSSR count). The number of rotatable bonds is 10. The highest BCUT2D eigenvalue weighted by Crippen LogP contribution is 2.32. The van der Waals surface area contributed by atoms with Gasteiger partial charge in [0.05, 0.1) is 10.7 Å². The second-order valence-electron chi connectivity index (χ2n) is 9.40. The molecule has 1 heterocycles. The quantitative estimate of drug-likeness (QED) is 0.0922. The Morgan fingerprint density at radius 3 is 2.20 bits per heavy atom. The van der Waals surface area contributed by atoms with Gasteiger partial charge in [0.15, 0.2) is 11.5 Å². The number of non-ortho nitro benzene ring substituents is 1. The Morgan fingerprint density at radius 1 is 0.818 bits per heavy atom. The number of carbonyl (C=O) groups excluding carboxylic acids is 3. The number of ether oxygens (including phenoxy) is 2. The van der Waals surface area contributed by atoms with Crippen molar-refractivity contribution in [3.05, 3.63) is 124 Å². The summed E-state index contributed by atoms with van der Waals surface area (Å²) in [6.07, 6.45) is 1.43. The first kappa shape index (κ1) is 29.9. The maximum Gasteiger partial charge on any atom is 0.272 e. The van der Waals surface area contributed by atoms with Crippen LogP contribution in [0.2, 0.25) is 0 Å². The van der Waals surface area contributed by atoms with Gasteiger partial charge in [0, 0.05) is 40.0 Å². The van der Waals surface area contributed by atoms with Crippen molar-refractivity contribution in [1.29, 1.82) is 0 Å². The topological polar surface area (TPSA) is 149 Å². The van der Waals surface area contributed by atoms with Crippen LogP contribution < -0.4 is 25.4 Å². The number of hydrogen-bond donors (Lipinski definition) is 3. The molecular weight excluding hydrogens is 584 g/mol. The summed E-state index contributed by atoms with van der Waals surface area (Å²) in [7, 11) is 0. The molecule has 1 aliphatic heterocycles. The Morgan fingerprint density at radius 2 is 1.50 bits per heavy atom. The summed E-state index contributed by atoms with van der Waals surface area (Å²) >= 11 is 1.32. The Kier molecular flexibility index (Phi) is 9.52. The van der Waals surface area contributed by atoms with Crippen LogP contribution in [0.1, 0.15) is 15.9 Å². The highest BCUT2D eigenvalue weighted by atomic mass is 32.2. The summed E-state index contributed by atoms with van der Waals surface area (Å²) in [4.78, 5) is 49.9. The second kappa shape index (κ2) is 14.0. The van der Waals surface area contributed by atoms with Crippen molar-refractivity contribution in [2.75, 3.05) is 29.6 Å². The van der Waals surface area contributed by atoms with Crippen LogP contribution in [0, 0.1) is 10.1 Å². The SMILES string of the molecule is O=C(CSc1ccc(NC(=O)/C(=C/c2ccc([N+](=O)[O-])cc2)NC(=O)c2ccccc2)cc1)Nc1ccc2c(c1)OCCO2. The Bertz CT molecular complexity index is 1710. The summed E-state index contributed by atoms with van der Waals surface area (Å²) in [5.41, 5.74) is 1.75. The van der Waals surface area contributed by atoms with Crippen LogP contribution in [-0.4, -0.2) is 41.6 Å². The third-order valence-corrected chi connectivity index (χ3v) is 7.26. The number of nitro benzene ring substituents is 1. The van der Waals surface area contributed by atoms with E-state index in [9.17, 15) is 24.5 Å². The minimum absolute atomic E-state index is 0.0537. The van der Waals surface area contributed by atoms with E-state index in [-0.39, 0.29) is 23.0 Å². The van der Waals surface area contributed by atoms with E-state index >= 15 is 0 Å². The van der Waals surface area contributed by atoms with Crippen LogP contribution in [0.15, 0.2) is 108 Å². The number of nitro groups is 1. The molecule has 11 nitrogen and oxygen atoms in total. The molecular formula is C32H26N4O7S. The molecule has 0 aliphatic carbocycles. The summed E-state index contributed by atoms with van der Waals surface area (Å²) < 4.78 is 11.0. The molecule has 0 atom stereocenters. The standard InChI is InChI=1S/C32H26N4O7S/c37-30(33-24-10-15-28-29(19-24)43-17-16-42-28)20-44-26-13-8-23(9-14-26)34-32(39)27(35-31(38)22-4-2-1-3-5-22)18-21-6-11-25(12-7-21)36(40)41/h1-15,18-19H,16-17,20H2,(H,33,37)(H,34,39)(H,35,38)/b27-18-. The molecule has 4 aromatic carbocycles. The molecule has 0 unspecified atom stereocenters. The fourth-order valence-corrected chi connectivity index (χ4v) is 4.80. The van der Waals surface area contributed by atoms with Crippen LogP contribution in [0.5, 0.6) is 11.5 Å². The Labute approximate surface area is 256 Å². The summed E-state index contributed by atoms with van der Waals surface area (Å²) in [5.74, 6) is 0.114. The van der Waals surface area contributed by atoms with E-state index in [0.717, 1.165) is 4.90 Å². The average Bonchev–Trinajstić information content (AvgIpc) is 3.04. The number of hydrogen-bond acceptors (Lipinski definition) is 8. The summed E-state index contributed by atoms with van der Waals surface area (Å²) in [6.45, 7) is 0.944. The van der Waals surface area contributed by atoms with E-state index in [1.165, 1.54) is 42.1 Å². The lowest BCUT2D eigenvalue weighted by molar-refractivity contribution is -0.384. The zero-order valence-electron chi connectivity index (χ0n) is 23.1. The molecule has 0 fully saturated rings. The van der Waals surface area contributed by atoms with Crippen LogP contribution in [0.25, 0.3) is 6.08 Å². The molecule has 0 radical (unpaired) electrons. The number of anilines is 2. The lowest BCUT2D eigenvalue weighted by atomic mass is 10.1. The fraction of sp³-hybridized carbons (Fsp3) is 0.0938. The van der Waals surface area contributed by atoms with Crippen molar-refractivity contribution in [2.24, 2.45) is 0 Å². The van der Waals surface area contributed by atoms with Crippen LogP contribution in [0.4, 0.5) is 17.1 Å². The van der Waals surface area contributed by atoms with Gasteiger partial charge in [0.1, 0.15) is 18.9 Å². The number of benzene rings is 4. The first-order chi connectivity index (χ1) is 21.3. The van der Waals surface area contributed by atoms with Crippen molar-refractivity contribution in [2.45, 2.75) is 4.90 Å². The van der Waals surface area contributed by atoms with E-state index in [1.54, 1.807) is 72.8 Å². The zero-order chi connectivity index (χ0) is 30.9. The molecule has 0 aromatic heterocycles. The first-order valence-corrected chi connectivity index (χ1v) is 14.4. The fourth-order valence-electron chi connectivity index (χ4n) is 4.10. The average molecular weight is 611 g/mol. The number of thioether (sulfide) groups is 1. The summed E-state index contributed by atoms with van der Waals surface area (Å²) in [6, 6.07) is 26.1. The van der Waals surface area contributed by atoms with E-state index in [2.05, 4.69) is 16.0 Å². The minimum atomic E-state index is -0.591. The number of fused-ring (bicyclic) bond motifs is 1. The van der Waals surface area contributed by atoms with Gasteiger partial charge >= 0.3 is 0 Å². The van der Waals surface area contributed by atoms with Crippen molar-refractivity contribution >= 4 is 52.6 Å². The Hall–Kier alpha value is -5.62. The van der Waals surface area contributed by atoms with Gasteiger partial charge in [-0.05, 0) is 72.3 Å². The van der Waals surface area contributed by atoms with Crippen molar-refractivity contribution < 1.29 is 28.8 Å². The predicted molar refractivity (Wildman–Crippen MR) is 167 cm³/mol. The van der Waals surface area contributed by atoms with Gasteiger partial charge in [0.2, 0.25) is 5.91 Å². The molecule has 44 heavy (non-hydrogen) atoms. The maximum atomic E-state index is 13.2. The van der Waals surface area contributed by atoms with Gasteiger partial charge in [0.25, 0.3) is 17.5 Å². The molecule has 12 heteroatoms. The molecule has 0 bridgehead atoms. The predicted octanol–water partition coefficient (Wildman–Crippen LogP) is 5.51. The molecule has 3 N–H and O–H groups in total. The highest BCUT2D eigenvalue weighted by Gasteiger charge is 2.16. The zero-order valence-corrected chi connectivity index (χ0v) is 24.0. The smallest absolute Gasteiger partial charge is 0.272 e. The van der Waals surface area contributed by atoms with Crippen LogP contribution >= 0.6 is 11.8 Å². The first-order valence-electron chi connectivity index (χ1n) is 13.4. The summed E-state index contributed by atoms with van der Waals surface area (Å²) in [5, 5.41) is 19.2. The van der Waals surface area contributed by atoms with E-state index in [0.29, 0.717) is 47.2 Å². The normalized spacial score (nSPS) is 12.1. The molecule has 4 aromatic rings. The van der Waals surface area contributed by atoms with E-state index in [1.807, 2.05) is 0 Å². The molecule has 3 amide bonds. The van der Waals surface area contributed by atoms with Gasteiger partial charge in [-0.15, -0.1) is 11.8 Å². The molecule has 0 saturated carbocycles. The van der Waals surface area contributed by atoms with Gasteiger partial charge in [-0.25, -0.2) is 0 Å². The Balaban J connectivity index is 1.21. The lowest BCUT2D eigenvalue weighted by Gasteiger charge is -2.19. The monoisotopic (exact) mass is 610 g/mol. The number of nitrogens with one attached hydrogen (secondary N) is 3.